The van der Waals surface area contributed by atoms with E-state index in [1.165, 1.54) is 24.2 Å². The lowest BCUT2D eigenvalue weighted by molar-refractivity contribution is 0.0943. The molecule has 2 heterocycles. The van der Waals surface area contributed by atoms with Crippen molar-refractivity contribution in [3.05, 3.63) is 16.3 Å². The van der Waals surface area contributed by atoms with Crippen molar-refractivity contribution < 1.29 is 9.53 Å². The van der Waals surface area contributed by atoms with Gasteiger partial charge < -0.3 is 10.1 Å². The summed E-state index contributed by atoms with van der Waals surface area (Å²) in [5.41, 5.74) is 0. The van der Waals surface area contributed by atoms with E-state index in [4.69, 9.17) is 4.74 Å². The van der Waals surface area contributed by atoms with Crippen molar-refractivity contribution in [1.82, 2.24) is 10.2 Å². The third-order valence-electron chi connectivity index (χ3n) is 3.46. The first-order valence-electron chi connectivity index (χ1n) is 6.40. The molecule has 0 saturated carbocycles. The smallest absolute Gasteiger partial charge is 0.265 e. The molecule has 5 heteroatoms. The van der Waals surface area contributed by atoms with E-state index in [0.717, 1.165) is 19.6 Å². The van der Waals surface area contributed by atoms with Gasteiger partial charge in [0.05, 0.1) is 7.11 Å². The van der Waals surface area contributed by atoms with Crippen LogP contribution < -0.4 is 10.1 Å². The number of carbonyl (C=O) groups is 1. The summed E-state index contributed by atoms with van der Waals surface area (Å²) in [6.45, 7) is 5.11. The first-order chi connectivity index (χ1) is 8.76. The minimum atomic E-state index is -0.0233. The molecule has 0 aliphatic carbocycles. The standard InChI is InChI=1S/C13H20N2O2S/c1-3-15-7-4-5-10(15)9-14-13(16)12-11(17-2)6-8-18-12/h6,8,10H,3-5,7,9H2,1-2H3,(H,14,16). The summed E-state index contributed by atoms with van der Waals surface area (Å²) in [7, 11) is 1.59. The predicted octanol–water partition coefficient (Wildman–Crippen LogP) is 1.97. The maximum Gasteiger partial charge on any atom is 0.265 e. The van der Waals surface area contributed by atoms with Gasteiger partial charge in [-0.2, -0.15) is 0 Å². The average Bonchev–Trinajstić information content (AvgIpc) is 3.03. The third-order valence-corrected chi connectivity index (χ3v) is 4.35. The van der Waals surface area contributed by atoms with Gasteiger partial charge in [0.1, 0.15) is 10.6 Å². The number of methoxy groups -OCH3 is 1. The second-order valence-corrected chi connectivity index (χ2v) is 5.37. The highest BCUT2D eigenvalue weighted by Crippen LogP contribution is 2.24. The Bertz CT molecular complexity index is 405. The molecule has 100 valence electrons. The van der Waals surface area contributed by atoms with Crippen LogP contribution in [0.5, 0.6) is 5.75 Å². The molecule has 0 spiro atoms. The molecule has 4 nitrogen and oxygen atoms in total. The Hall–Kier alpha value is -1.07. The zero-order chi connectivity index (χ0) is 13.0. The van der Waals surface area contributed by atoms with Gasteiger partial charge in [0.15, 0.2) is 0 Å². The van der Waals surface area contributed by atoms with Crippen LogP contribution in [0.1, 0.15) is 29.4 Å². The molecule has 1 aromatic heterocycles. The predicted molar refractivity (Wildman–Crippen MR) is 73.5 cm³/mol. The van der Waals surface area contributed by atoms with Crippen molar-refractivity contribution >= 4 is 17.2 Å². The summed E-state index contributed by atoms with van der Waals surface area (Å²) in [5, 5.41) is 4.89. The Morgan fingerprint density at radius 1 is 1.67 bits per heavy atom. The third kappa shape index (κ3) is 2.84. The first-order valence-corrected chi connectivity index (χ1v) is 7.28. The van der Waals surface area contributed by atoms with Gasteiger partial charge in [-0.25, -0.2) is 0 Å². The van der Waals surface area contributed by atoms with E-state index < -0.39 is 0 Å². The van der Waals surface area contributed by atoms with E-state index in [0.29, 0.717) is 16.7 Å². The quantitative estimate of drug-likeness (QED) is 0.887. The van der Waals surface area contributed by atoms with Gasteiger partial charge in [-0.05, 0) is 37.4 Å². The summed E-state index contributed by atoms with van der Waals surface area (Å²) in [4.78, 5) is 15.1. The highest BCUT2D eigenvalue weighted by atomic mass is 32.1. The molecular formula is C13H20N2O2S. The van der Waals surface area contributed by atoms with Gasteiger partial charge in [-0.3, -0.25) is 9.69 Å². The van der Waals surface area contributed by atoms with Crippen molar-refractivity contribution in [2.45, 2.75) is 25.8 Å². The topological polar surface area (TPSA) is 41.6 Å². The minimum Gasteiger partial charge on any atom is -0.495 e. The van der Waals surface area contributed by atoms with Crippen LogP contribution in [0, 0.1) is 0 Å². The molecule has 1 fully saturated rings. The molecule has 0 aromatic carbocycles. The fourth-order valence-electron chi connectivity index (χ4n) is 2.46. The lowest BCUT2D eigenvalue weighted by Crippen LogP contribution is -2.39. The summed E-state index contributed by atoms with van der Waals surface area (Å²) in [6.07, 6.45) is 2.41. The molecule has 1 aliphatic rings. The Balaban J connectivity index is 1.88. The molecular weight excluding hydrogens is 248 g/mol. The van der Waals surface area contributed by atoms with E-state index in [-0.39, 0.29) is 5.91 Å². The van der Waals surface area contributed by atoms with Crippen LogP contribution in [0.3, 0.4) is 0 Å². The molecule has 1 aromatic rings. The van der Waals surface area contributed by atoms with Crippen molar-refractivity contribution in [2.24, 2.45) is 0 Å². The van der Waals surface area contributed by atoms with Gasteiger partial charge in [-0.1, -0.05) is 6.92 Å². The Kier molecular flexibility index (Phi) is 4.60. The molecule has 1 aliphatic heterocycles. The van der Waals surface area contributed by atoms with Gasteiger partial charge in [-0.15, -0.1) is 11.3 Å². The summed E-state index contributed by atoms with van der Waals surface area (Å²) in [6, 6.07) is 2.32. The number of hydrogen-bond donors (Lipinski definition) is 1. The fourth-order valence-corrected chi connectivity index (χ4v) is 3.23. The maximum absolute atomic E-state index is 12.0. The molecule has 1 atom stereocenters. The van der Waals surface area contributed by atoms with Crippen molar-refractivity contribution in [1.29, 1.82) is 0 Å². The lowest BCUT2D eigenvalue weighted by Gasteiger charge is -2.22. The molecule has 0 bridgehead atoms. The maximum atomic E-state index is 12.0. The van der Waals surface area contributed by atoms with Gasteiger partial charge in [0.2, 0.25) is 0 Å². The molecule has 1 unspecified atom stereocenters. The highest BCUT2D eigenvalue weighted by Gasteiger charge is 2.24. The second kappa shape index (κ2) is 6.20. The summed E-state index contributed by atoms with van der Waals surface area (Å²) >= 11 is 1.42. The summed E-state index contributed by atoms with van der Waals surface area (Å²) in [5.74, 6) is 0.640. The van der Waals surface area contributed by atoms with E-state index in [1.807, 2.05) is 11.4 Å². The summed E-state index contributed by atoms with van der Waals surface area (Å²) < 4.78 is 5.16. The van der Waals surface area contributed by atoms with Crippen LogP contribution in [-0.4, -0.2) is 43.6 Å². The first kappa shape index (κ1) is 13.4. The van der Waals surface area contributed by atoms with Crippen molar-refractivity contribution in [3.63, 3.8) is 0 Å². The number of ether oxygens (including phenoxy) is 1. The number of hydrogen-bond acceptors (Lipinski definition) is 4. The van der Waals surface area contributed by atoms with Crippen LogP contribution in [0.4, 0.5) is 0 Å². The van der Waals surface area contributed by atoms with Crippen LogP contribution in [-0.2, 0) is 0 Å². The molecule has 2 rings (SSSR count). The average molecular weight is 268 g/mol. The molecule has 0 radical (unpaired) electrons. The number of thiophene rings is 1. The second-order valence-electron chi connectivity index (χ2n) is 4.45. The monoisotopic (exact) mass is 268 g/mol. The van der Waals surface area contributed by atoms with E-state index >= 15 is 0 Å². The van der Waals surface area contributed by atoms with Crippen LogP contribution in [0.25, 0.3) is 0 Å². The SMILES string of the molecule is CCN1CCCC1CNC(=O)c1sccc1OC. The molecule has 18 heavy (non-hydrogen) atoms. The van der Waals surface area contributed by atoms with Crippen molar-refractivity contribution in [2.75, 3.05) is 26.7 Å². The number of carbonyl (C=O) groups excluding carboxylic acids is 1. The normalized spacial score (nSPS) is 20.0. The van der Waals surface area contributed by atoms with E-state index in [1.54, 1.807) is 7.11 Å². The number of nitrogens with zero attached hydrogens (tertiary/aromatic N) is 1. The largest absolute Gasteiger partial charge is 0.495 e. The van der Waals surface area contributed by atoms with Crippen molar-refractivity contribution in [3.8, 4) is 5.75 Å². The van der Waals surface area contributed by atoms with Gasteiger partial charge in [0, 0.05) is 12.6 Å². The van der Waals surface area contributed by atoms with E-state index in [2.05, 4.69) is 17.1 Å². The Morgan fingerprint density at radius 2 is 2.50 bits per heavy atom. The molecule has 1 N–H and O–H groups in total. The van der Waals surface area contributed by atoms with E-state index in [9.17, 15) is 4.79 Å². The van der Waals surface area contributed by atoms with Crippen LogP contribution >= 0.6 is 11.3 Å². The number of likely N-dealkylation sites (tertiary alicyclic amines) is 1. The number of nitrogens with one attached hydrogen (secondary N) is 1. The number of rotatable bonds is 5. The lowest BCUT2D eigenvalue weighted by atomic mass is 10.2. The Morgan fingerprint density at radius 3 is 3.22 bits per heavy atom. The molecule has 1 amide bonds. The highest BCUT2D eigenvalue weighted by molar-refractivity contribution is 7.12. The number of likely N-dealkylation sites (N-methyl/N-ethyl adjacent to an activating group) is 1. The van der Waals surface area contributed by atoms with Gasteiger partial charge >= 0.3 is 0 Å². The zero-order valence-corrected chi connectivity index (χ0v) is 11.8. The number of amides is 1. The zero-order valence-electron chi connectivity index (χ0n) is 10.9. The minimum absolute atomic E-state index is 0.0233. The fraction of sp³-hybridized carbons (Fsp3) is 0.615. The van der Waals surface area contributed by atoms with Gasteiger partial charge in [0.25, 0.3) is 5.91 Å². The van der Waals surface area contributed by atoms with Crippen LogP contribution in [0.2, 0.25) is 0 Å². The molecule has 1 saturated heterocycles. The Labute approximate surface area is 112 Å². The van der Waals surface area contributed by atoms with Crippen LogP contribution in [0.15, 0.2) is 11.4 Å².